The molecule has 21 heavy (non-hydrogen) atoms. The van der Waals surface area contributed by atoms with E-state index in [0.29, 0.717) is 17.0 Å². The SMILES string of the molecule is CC(C)C1CCC(c2nc(Cl)cc(C3CCCC3)n2)CC1. The van der Waals surface area contributed by atoms with Gasteiger partial charge in [0.15, 0.2) is 0 Å². The first kappa shape index (κ1) is 15.3. The van der Waals surface area contributed by atoms with Crippen LogP contribution in [0.15, 0.2) is 6.07 Å². The molecule has 0 amide bonds. The normalized spacial score (nSPS) is 27.4. The maximum absolute atomic E-state index is 6.28. The van der Waals surface area contributed by atoms with E-state index in [-0.39, 0.29) is 0 Å². The highest BCUT2D eigenvalue weighted by Crippen LogP contribution is 2.39. The molecule has 0 radical (unpaired) electrons. The molecule has 0 spiro atoms. The van der Waals surface area contributed by atoms with E-state index in [2.05, 4.69) is 18.8 Å². The second-order valence-electron chi connectivity index (χ2n) is 7.31. The monoisotopic (exact) mass is 306 g/mol. The number of aromatic nitrogens is 2. The minimum Gasteiger partial charge on any atom is -0.237 e. The van der Waals surface area contributed by atoms with Crippen molar-refractivity contribution in [1.29, 1.82) is 0 Å². The number of nitrogens with zero attached hydrogens (tertiary/aromatic N) is 2. The summed E-state index contributed by atoms with van der Waals surface area (Å²) in [5, 5.41) is 0.646. The van der Waals surface area contributed by atoms with Gasteiger partial charge in [0.25, 0.3) is 0 Å². The third kappa shape index (κ3) is 3.59. The van der Waals surface area contributed by atoms with Gasteiger partial charge in [0.2, 0.25) is 0 Å². The zero-order valence-corrected chi connectivity index (χ0v) is 14.1. The third-order valence-electron chi connectivity index (χ3n) is 5.59. The predicted molar refractivity (Wildman–Crippen MR) is 87.8 cm³/mol. The highest BCUT2D eigenvalue weighted by molar-refractivity contribution is 6.29. The van der Waals surface area contributed by atoms with Crippen LogP contribution in [0, 0.1) is 11.8 Å². The molecule has 2 fully saturated rings. The first-order valence-corrected chi connectivity index (χ1v) is 9.05. The number of hydrogen-bond acceptors (Lipinski definition) is 2. The smallest absolute Gasteiger partial charge is 0.133 e. The fraction of sp³-hybridized carbons (Fsp3) is 0.778. The van der Waals surface area contributed by atoms with Crippen LogP contribution in [0.5, 0.6) is 0 Å². The van der Waals surface area contributed by atoms with Crippen molar-refractivity contribution >= 4 is 11.6 Å². The maximum atomic E-state index is 6.28. The molecule has 1 aromatic rings. The quantitative estimate of drug-likeness (QED) is 0.668. The van der Waals surface area contributed by atoms with Gasteiger partial charge in [0.1, 0.15) is 11.0 Å². The van der Waals surface area contributed by atoms with Gasteiger partial charge in [0.05, 0.1) is 0 Å². The summed E-state index contributed by atoms with van der Waals surface area (Å²) in [6, 6.07) is 2.00. The summed E-state index contributed by atoms with van der Waals surface area (Å²) in [4.78, 5) is 9.47. The molecular weight excluding hydrogens is 280 g/mol. The van der Waals surface area contributed by atoms with Crippen molar-refractivity contribution in [2.45, 2.75) is 77.0 Å². The molecule has 2 nitrogen and oxygen atoms in total. The van der Waals surface area contributed by atoms with Crippen LogP contribution in [0.1, 0.15) is 88.6 Å². The molecule has 0 N–H and O–H groups in total. The minimum atomic E-state index is 0.527. The van der Waals surface area contributed by atoms with E-state index in [1.165, 1.54) is 57.1 Å². The summed E-state index contributed by atoms with van der Waals surface area (Å²) in [5.41, 5.74) is 1.20. The lowest BCUT2D eigenvalue weighted by molar-refractivity contribution is 0.254. The second-order valence-corrected chi connectivity index (χ2v) is 7.70. The van der Waals surface area contributed by atoms with Crippen LogP contribution < -0.4 is 0 Å². The Kier molecular flexibility index (Phi) is 4.83. The number of hydrogen-bond donors (Lipinski definition) is 0. The van der Waals surface area contributed by atoms with Gasteiger partial charge in [0, 0.05) is 17.5 Å². The lowest BCUT2D eigenvalue weighted by atomic mass is 9.76. The molecular formula is C18H27ClN2. The summed E-state index contributed by atoms with van der Waals surface area (Å²) in [5.74, 6) is 3.86. The Hall–Kier alpha value is -0.630. The standard InChI is InChI=1S/C18H27ClN2/c1-12(2)13-7-9-15(10-8-13)18-20-16(11-17(19)21-18)14-5-3-4-6-14/h11-15H,3-10H2,1-2H3. The van der Waals surface area contributed by atoms with Crippen LogP contribution in [0.2, 0.25) is 5.15 Å². The molecule has 1 aromatic heterocycles. The van der Waals surface area contributed by atoms with Crippen LogP contribution >= 0.6 is 11.6 Å². The summed E-state index contributed by atoms with van der Waals surface area (Å²) in [7, 11) is 0. The van der Waals surface area contributed by atoms with E-state index in [1.807, 2.05) is 6.07 Å². The minimum absolute atomic E-state index is 0.527. The van der Waals surface area contributed by atoms with Crippen molar-refractivity contribution in [3.63, 3.8) is 0 Å². The van der Waals surface area contributed by atoms with Gasteiger partial charge in [-0.3, -0.25) is 0 Å². The Bertz CT molecular complexity index is 472. The number of halogens is 1. The first-order chi connectivity index (χ1) is 10.1. The van der Waals surface area contributed by atoms with E-state index in [0.717, 1.165) is 17.7 Å². The summed E-state index contributed by atoms with van der Waals surface area (Å²) < 4.78 is 0. The highest BCUT2D eigenvalue weighted by atomic mass is 35.5. The predicted octanol–water partition coefficient (Wildman–Crippen LogP) is 5.72. The zero-order valence-electron chi connectivity index (χ0n) is 13.3. The van der Waals surface area contributed by atoms with Crippen molar-refractivity contribution in [2.75, 3.05) is 0 Å². The molecule has 0 saturated heterocycles. The van der Waals surface area contributed by atoms with Gasteiger partial charge in [-0.1, -0.05) is 38.3 Å². The second kappa shape index (κ2) is 6.64. The Balaban J connectivity index is 1.73. The topological polar surface area (TPSA) is 25.8 Å². The van der Waals surface area contributed by atoms with Crippen LogP contribution in [-0.4, -0.2) is 9.97 Å². The van der Waals surface area contributed by atoms with Crippen LogP contribution in [0.4, 0.5) is 0 Å². The van der Waals surface area contributed by atoms with Crippen molar-refractivity contribution in [3.8, 4) is 0 Å². The Morgan fingerprint density at radius 2 is 1.62 bits per heavy atom. The molecule has 0 atom stereocenters. The van der Waals surface area contributed by atoms with E-state index >= 15 is 0 Å². The number of rotatable bonds is 3. The van der Waals surface area contributed by atoms with Crippen LogP contribution in [0.25, 0.3) is 0 Å². The fourth-order valence-corrected chi connectivity index (χ4v) is 4.31. The molecule has 2 aliphatic rings. The van der Waals surface area contributed by atoms with Crippen LogP contribution in [-0.2, 0) is 0 Å². The summed E-state index contributed by atoms with van der Waals surface area (Å²) in [6.45, 7) is 4.69. The lowest BCUT2D eigenvalue weighted by Crippen LogP contribution is -2.19. The molecule has 0 aliphatic heterocycles. The van der Waals surface area contributed by atoms with Gasteiger partial charge in [-0.25, -0.2) is 9.97 Å². The average Bonchev–Trinajstić information content (AvgIpc) is 3.01. The van der Waals surface area contributed by atoms with E-state index in [1.54, 1.807) is 0 Å². The third-order valence-corrected chi connectivity index (χ3v) is 5.78. The van der Waals surface area contributed by atoms with Gasteiger partial charge < -0.3 is 0 Å². The van der Waals surface area contributed by atoms with Gasteiger partial charge in [-0.05, 0) is 56.4 Å². The van der Waals surface area contributed by atoms with E-state index in [4.69, 9.17) is 16.6 Å². The first-order valence-electron chi connectivity index (χ1n) is 8.68. The largest absolute Gasteiger partial charge is 0.237 e. The summed E-state index contributed by atoms with van der Waals surface area (Å²) in [6.07, 6.45) is 10.3. The van der Waals surface area contributed by atoms with Gasteiger partial charge in [-0.2, -0.15) is 0 Å². The Morgan fingerprint density at radius 3 is 2.24 bits per heavy atom. The maximum Gasteiger partial charge on any atom is 0.133 e. The molecule has 116 valence electrons. The van der Waals surface area contributed by atoms with Crippen LogP contribution in [0.3, 0.4) is 0 Å². The molecule has 1 heterocycles. The Morgan fingerprint density at radius 1 is 0.952 bits per heavy atom. The highest BCUT2D eigenvalue weighted by Gasteiger charge is 2.27. The van der Waals surface area contributed by atoms with E-state index in [9.17, 15) is 0 Å². The van der Waals surface area contributed by atoms with Gasteiger partial charge >= 0.3 is 0 Å². The molecule has 3 rings (SSSR count). The molecule has 0 bridgehead atoms. The van der Waals surface area contributed by atoms with Gasteiger partial charge in [-0.15, -0.1) is 0 Å². The molecule has 0 aromatic carbocycles. The van der Waals surface area contributed by atoms with E-state index < -0.39 is 0 Å². The summed E-state index contributed by atoms with van der Waals surface area (Å²) >= 11 is 6.28. The molecule has 2 aliphatic carbocycles. The molecule has 3 heteroatoms. The fourth-order valence-electron chi connectivity index (χ4n) is 4.11. The zero-order chi connectivity index (χ0) is 14.8. The van der Waals surface area contributed by atoms with Crippen molar-refractivity contribution in [3.05, 3.63) is 22.7 Å². The molecule has 0 unspecified atom stereocenters. The molecule has 2 saturated carbocycles. The van der Waals surface area contributed by atoms with Crippen molar-refractivity contribution < 1.29 is 0 Å². The Labute approximate surface area is 133 Å². The lowest BCUT2D eigenvalue weighted by Gasteiger charge is -2.30. The van der Waals surface area contributed by atoms with Crippen molar-refractivity contribution in [1.82, 2.24) is 9.97 Å². The average molecular weight is 307 g/mol. The van der Waals surface area contributed by atoms with Crippen molar-refractivity contribution in [2.24, 2.45) is 11.8 Å².